The number of tetrazole rings is 1. The minimum absolute atomic E-state index is 0.158. The fraction of sp³-hybridized carbons (Fsp3) is 0.118. The fourth-order valence-corrected chi connectivity index (χ4v) is 2.97. The Morgan fingerprint density at radius 1 is 1.16 bits per heavy atom. The maximum atomic E-state index is 12.1. The van der Waals surface area contributed by atoms with Crippen molar-refractivity contribution in [3.63, 3.8) is 0 Å². The predicted octanol–water partition coefficient (Wildman–Crippen LogP) is 2.65. The molecule has 3 rings (SSSR count). The second-order valence-electron chi connectivity index (χ2n) is 5.01. The van der Waals surface area contributed by atoms with Gasteiger partial charge in [0.2, 0.25) is 11.1 Å². The molecule has 0 aliphatic carbocycles. The van der Waals surface area contributed by atoms with Crippen LogP contribution in [0.1, 0.15) is 12.0 Å². The van der Waals surface area contributed by atoms with Gasteiger partial charge in [0.15, 0.2) is 0 Å². The number of para-hydroxylation sites is 2. The summed E-state index contributed by atoms with van der Waals surface area (Å²) in [7, 11) is 0. The van der Waals surface area contributed by atoms with Crippen LogP contribution in [0.15, 0.2) is 59.8 Å². The monoisotopic (exact) mass is 350 g/mol. The number of hydrogen-bond acceptors (Lipinski definition) is 6. The number of carbonyl (C=O) groups excluding carboxylic acids is 1. The van der Waals surface area contributed by atoms with E-state index in [9.17, 15) is 4.79 Å². The lowest BCUT2D eigenvalue weighted by atomic mass is 10.2. The fourth-order valence-electron chi connectivity index (χ4n) is 2.14. The van der Waals surface area contributed by atoms with Crippen LogP contribution >= 0.6 is 11.8 Å². The summed E-state index contributed by atoms with van der Waals surface area (Å²) in [5, 5.41) is 24.1. The molecule has 2 aromatic carbocycles. The third-order valence-corrected chi connectivity index (χ3v) is 4.24. The van der Waals surface area contributed by atoms with Gasteiger partial charge < -0.3 is 5.32 Å². The highest BCUT2D eigenvalue weighted by atomic mass is 32.2. The van der Waals surface area contributed by atoms with Crippen molar-refractivity contribution in [2.24, 2.45) is 0 Å². The third kappa shape index (κ3) is 4.22. The molecular formula is C17H14N6OS. The molecule has 0 atom stereocenters. The van der Waals surface area contributed by atoms with E-state index in [0.29, 0.717) is 22.2 Å². The Morgan fingerprint density at radius 3 is 2.72 bits per heavy atom. The van der Waals surface area contributed by atoms with Crippen LogP contribution < -0.4 is 5.32 Å². The van der Waals surface area contributed by atoms with Gasteiger partial charge in [0.25, 0.3) is 0 Å². The van der Waals surface area contributed by atoms with Crippen molar-refractivity contribution in [3.8, 4) is 11.8 Å². The topological polar surface area (TPSA) is 96.5 Å². The Hall–Kier alpha value is -3.18. The van der Waals surface area contributed by atoms with Gasteiger partial charge in [0.1, 0.15) is 6.07 Å². The van der Waals surface area contributed by atoms with Gasteiger partial charge in [-0.05, 0) is 34.7 Å². The molecule has 1 N–H and O–H groups in total. The molecule has 1 amide bonds. The van der Waals surface area contributed by atoms with Crippen LogP contribution in [0.4, 0.5) is 5.69 Å². The molecule has 1 aromatic heterocycles. The van der Waals surface area contributed by atoms with E-state index in [-0.39, 0.29) is 12.3 Å². The van der Waals surface area contributed by atoms with E-state index in [1.165, 1.54) is 11.8 Å². The van der Waals surface area contributed by atoms with E-state index in [1.54, 1.807) is 28.9 Å². The molecule has 0 unspecified atom stereocenters. The first kappa shape index (κ1) is 16.7. The number of rotatable bonds is 6. The largest absolute Gasteiger partial charge is 0.325 e. The van der Waals surface area contributed by atoms with E-state index in [0.717, 1.165) is 5.69 Å². The normalized spacial score (nSPS) is 10.2. The number of nitrogens with zero attached hydrogens (tertiary/aromatic N) is 5. The predicted molar refractivity (Wildman–Crippen MR) is 94.3 cm³/mol. The molecule has 0 bridgehead atoms. The van der Waals surface area contributed by atoms with Crippen LogP contribution in [0, 0.1) is 11.3 Å². The number of anilines is 1. The van der Waals surface area contributed by atoms with Gasteiger partial charge in [-0.3, -0.25) is 4.79 Å². The first-order valence-electron chi connectivity index (χ1n) is 7.53. The number of benzene rings is 2. The highest BCUT2D eigenvalue weighted by Crippen LogP contribution is 2.19. The van der Waals surface area contributed by atoms with Gasteiger partial charge >= 0.3 is 0 Å². The smallest absolute Gasteiger partial charge is 0.225 e. The molecule has 124 valence electrons. The summed E-state index contributed by atoms with van der Waals surface area (Å²) in [6.07, 6.45) is 0.284. The quantitative estimate of drug-likeness (QED) is 0.687. The molecule has 0 fully saturated rings. The molecule has 8 heteroatoms. The number of nitrogens with one attached hydrogen (secondary N) is 1. The Bertz CT molecular complexity index is 903. The summed E-state index contributed by atoms with van der Waals surface area (Å²) >= 11 is 1.40. The molecule has 3 aromatic rings. The van der Waals surface area contributed by atoms with Crippen molar-refractivity contribution in [1.29, 1.82) is 5.26 Å². The van der Waals surface area contributed by atoms with Crippen LogP contribution in [0.25, 0.3) is 5.69 Å². The summed E-state index contributed by atoms with van der Waals surface area (Å²) in [4.78, 5) is 12.1. The van der Waals surface area contributed by atoms with Gasteiger partial charge in [-0.15, -0.1) is 5.10 Å². The first-order valence-corrected chi connectivity index (χ1v) is 8.52. The molecule has 0 aliphatic heterocycles. The number of carbonyl (C=O) groups is 1. The van der Waals surface area contributed by atoms with Crippen molar-refractivity contribution in [3.05, 3.63) is 60.2 Å². The zero-order chi connectivity index (χ0) is 17.5. The standard InChI is InChI=1S/C17H14N6OS/c18-12-13-6-4-5-9-15(13)19-16(24)10-11-25-17-20-21-22-23(17)14-7-2-1-3-8-14/h1-9H,10-11H2,(H,19,24). The van der Waals surface area contributed by atoms with Crippen molar-refractivity contribution in [2.75, 3.05) is 11.1 Å². The number of thioether (sulfide) groups is 1. The number of nitriles is 1. The average molecular weight is 350 g/mol. The molecule has 1 heterocycles. The summed E-state index contributed by atoms with van der Waals surface area (Å²) in [6, 6.07) is 18.5. The van der Waals surface area contributed by atoms with Crippen LogP contribution in [-0.4, -0.2) is 31.9 Å². The number of amides is 1. The maximum absolute atomic E-state index is 12.1. The molecular weight excluding hydrogens is 336 g/mol. The van der Waals surface area contributed by atoms with Gasteiger partial charge in [0, 0.05) is 12.2 Å². The molecule has 0 saturated heterocycles. The lowest BCUT2D eigenvalue weighted by Crippen LogP contribution is -2.13. The molecule has 0 saturated carbocycles. The van der Waals surface area contributed by atoms with Gasteiger partial charge in [-0.2, -0.15) is 9.94 Å². The van der Waals surface area contributed by atoms with E-state index in [1.807, 2.05) is 30.3 Å². The van der Waals surface area contributed by atoms with Crippen LogP contribution in [0.5, 0.6) is 0 Å². The first-order chi connectivity index (χ1) is 12.3. The number of hydrogen-bond donors (Lipinski definition) is 1. The molecule has 7 nitrogen and oxygen atoms in total. The lowest BCUT2D eigenvalue weighted by Gasteiger charge is -2.07. The van der Waals surface area contributed by atoms with Gasteiger partial charge in [-0.1, -0.05) is 42.1 Å². The lowest BCUT2D eigenvalue weighted by molar-refractivity contribution is -0.115. The zero-order valence-electron chi connectivity index (χ0n) is 13.2. The van der Waals surface area contributed by atoms with Crippen LogP contribution in [-0.2, 0) is 4.79 Å². The van der Waals surface area contributed by atoms with Gasteiger partial charge in [0.05, 0.1) is 16.9 Å². The van der Waals surface area contributed by atoms with E-state index >= 15 is 0 Å². The van der Waals surface area contributed by atoms with Crippen LogP contribution in [0.2, 0.25) is 0 Å². The molecule has 0 aliphatic rings. The maximum Gasteiger partial charge on any atom is 0.225 e. The molecule has 25 heavy (non-hydrogen) atoms. The SMILES string of the molecule is N#Cc1ccccc1NC(=O)CCSc1nnnn1-c1ccccc1. The van der Waals surface area contributed by atoms with Crippen molar-refractivity contribution >= 4 is 23.4 Å². The summed E-state index contributed by atoms with van der Waals surface area (Å²) in [6.45, 7) is 0. The summed E-state index contributed by atoms with van der Waals surface area (Å²) < 4.78 is 1.63. The highest BCUT2D eigenvalue weighted by Gasteiger charge is 2.11. The third-order valence-electron chi connectivity index (χ3n) is 3.32. The summed E-state index contributed by atoms with van der Waals surface area (Å²) in [5.41, 5.74) is 1.83. The zero-order valence-corrected chi connectivity index (χ0v) is 14.0. The molecule has 0 spiro atoms. The Labute approximate surface area is 148 Å². The minimum atomic E-state index is -0.158. The summed E-state index contributed by atoms with van der Waals surface area (Å²) in [5.74, 6) is 0.363. The molecule has 0 radical (unpaired) electrons. The average Bonchev–Trinajstić information content (AvgIpc) is 3.11. The van der Waals surface area contributed by atoms with E-state index < -0.39 is 0 Å². The van der Waals surface area contributed by atoms with Crippen LogP contribution in [0.3, 0.4) is 0 Å². The van der Waals surface area contributed by atoms with Crippen molar-refractivity contribution < 1.29 is 4.79 Å². The van der Waals surface area contributed by atoms with E-state index in [2.05, 4.69) is 26.9 Å². The van der Waals surface area contributed by atoms with Crippen molar-refractivity contribution in [1.82, 2.24) is 20.2 Å². The van der Waals surface area contributed by atoms with Gasteiger partial charge in [-0.25, -0.2) is 0 Å². The number of aromatic nitrogens is 4. The minimum Gasteiger partial charge on any atom is -0.325 e. The second-order valence-corrected chi connectivity index (χ2v) is 6.07. The Kier molecular flexibility index (Phi) is 5.39. The van der Waals surface area contributed by atoms with E-state index in [4.69, 9.17) is 5.26 Å². The van der Waals surface area contributed by atoms with Crippen molar-refractivity contribution in [2.45, 2.75) is 11.6 Å². The highest BCUT2D eigenvalue weighted by molar-refractivity contribution is 7.99. The Balaban J connectivity index is 1.56. The second kappa shape index (κ2) is 8.08. The Morgan fingerprint density at radius 2 is 1.92 bits per heavy atom.